The Labute approximate surface area is 128 Å². The SMILES string of the molecule is CN1CCC(C2Oc3ccccc3C(=O)c3sccc32)C1. The van der Waals surface area contributed by atoms with E-state index in [-0.39, 0.29) is 11.9 Å². The summed E-state index contributed by atoms with van der Waals surface area (Å²) in [5, 5.41) is 2.01. The van der Waals surface area contributed by atoms with Crippen LogP contribution in [0.2, 0.25) is 0 Å². The van der Waals surface area contributed by atoms with E-state index in [1.807, 2.05) is 29.6 Å². The van der Waals surface area contributed by atoms with E-state index in [2.05, 4.69) is 18.0 Å². The molecule has 2 aromatic rings. The summed E-state index contributed by atoms with van der Waals surface area (Å²) in [4.78, 5) is 15.9. The van der Waals surface area contributed by atoms with Gasteiger partial charge in [-0.3, -0.25) is 4.79 Å². The standard InChI is InChI=1S/C17H17NO2S/c1-18-8-6-11(10-18)16-13-7-9-21-17(13)15(19)12-4-2-3-5-14(12)20-16/h2-5,7,9,11,16H,6,8,10H2,1H3. The second-order valence-corrected chi connectivity index (χ2v) is 6.80. The highest BCUT2D eigenvalue weighted by molar-refractivity contribution is 7.12. The van der Waals surface area contributed by atoms with Crippen molar-refractivity contribution < 1.29 is 9.53 Å². The lowest BCUT2D eigenvalue weighted by molar-refractivity contribution is 0.104. The van der Waals surface area contributed by atoms with Gasteiger partial charge in [-0.2, -0.15) is 0 Å². The summed E-state index contributed by atoms with van der Waals surface area (Å²) in [5.41, 5.74) is 1.76. The Kier molecular flexibility index (Phi) is 3.08. The van der Waals surface area contributed by atoms with E-state index in [0.717, 1.165) is 35.7 Å². The van der Waals surface area contributed by atoms with E-state index in [0.29, 0.717) is 11.5 Å². The Morgan fingerprint density at radius 1 is 1.29 bits per heavy atom. The summed E-state index contributed by atoms with van der Waals surface area (Å²) in [6.45, 7) is 2.12. The molecule has 3 nitrogen and oxygen atoms in total. The lowest BCUT2D eigenvalue weighted by atomic mass is 9.94. The van der Waals surface area contributed by atoms with Crippen molar-refractivity contribution in [3.8, 4) is 5.75 Å². The van der Waals surface area contributed by atoms with E-state index in [4.69, 9.17) is 4.74 Å². The van der Waals surface area contributed by atoms with Crippen LogP contribution in [0.15, 0.2) is 35.7 Å². The van der Waals surface area contributed by atoms with Crippen LogP contribution in [0.1, 0.15) is 33.3 Å². The quantitative estimate of drug-likeness (QED) is 0.808. The predicted molar refractivity (Wildman–Crippen MR) is 83.2 cm³/mol. The van der Waals surface area contributed by atoms with E-state index in [1.165, 1.54) is 11.3 Å². The molecule has 0 amide bonds. The largest absolute Gasteiger partial charge is 0.485 e. The molecule has 108 valence electrons. The van der Waals surface area contributed by atoms with E-state index in [9.17, 15) is 4.79 Å². The maximum atomic E-state index is 12.7. The molecule has 0 aliphatic carbocycles. The number of likely N-dealkylation sites (tertiary alicyclic amines) is 1. The summed E-state index contributed by atoms with van der Waals surface area (Å²) in [6.07, 6.45) is 1.11. The third-order valence-electron chi connectivity index (χ3n) is 4.45. The number of para-hydroxylation sites is 1. The van der Waals surface area contributed by atoms with Crippen LogP contribution in [0.3, 0.4) is 0 Å². The number of hydrogen-bond acceptors (Lipinski definition) is 4. The van der Waals surface area contributed by atoms with Crippen molar-refractivity contribution in [1.29, 1.82) is 0 Å². The average molecular weight is 299 g/mol. The van der Waals surface area contributed by atoms with Crippen molar-refractivity contribution in [3.05, 3.63) is 51.7 Å². The van der Waals surface area contributed by atoms with Gasteiger partial charge in [0.1, 0.15) is 11.9 Å². The summed E-state index contributed by atoms with van der Waals surface area (Å²) >= 11 is 1.53. The molecule has 2 aliphatic heterocycles. The number of fused-ring (bicyclic) bond motifs is 2. The van der Waals surface area contributed by atoms with Crippen molar-refractivity contribution >= 4 is 17.1 Å². The summed E-state index contributed by atoms with van der Waals surface area (Å²) in [5.74, 6) is 1.28. The first-order valence-corrected chi connectivity index (χ1v) is 8.18. The Morgan fingerprint density at radius 2 is 2.14 bits per heavy atom. The van der Waals surface area contributed by atoms with Gasteiger partial charge in [0.05, 0.1) is 10.4 Å². The van der Waals surface area contributed by atoms with Crippen LogP contribution in [0, 0.1) is 5.92 Å². The average Bonchev–Trinajstić information content (AvgIpc) is 3.11. The number of thiophene rings is 1. The topological polar surface area (TPSA) is 29.5 Å². The number of nitrogens with zero attached hydrogens (tertiary/aromatic N) is 1. The van der Waals surface area contributed by atoms with Crippen molar-refractivity contribution in [2.45, 2.75) is 12.5 Å². The van der Waals surface area contributed by atoms with Gasteiger partial charge in [0.15, 0.2) is 0 Å². The number of rotatable bonds is 1. The summed E-state index contributed by atoms with van der Waals surface area (Å²) in [6, 6.07) is 9.67. The fraction of sp³-hybridized carbons (Fsp3) is 0.353. The number of hydrogen-bond donors (Lipinski definition) is 0. The minimum Gasteiger partial charge on any atom is -0.485 e. The molecule has 2 atom stereocenters. The molecule has 0 N–H and O–H groups in total. The van der Waals surface area contributed by atoms with Crippen LogP contribution in [-0.4, -0.2) is 30.8 Å². The normalized spacial score (nSPS) is 25.1. The zero-order valence-electron chi connectivity index (χ0n) is 11.9. The van der Waals surface area contributed by atoms with Gasteiger partial charge in [0.2, 0.25) is 5.78 Å². The molecule has 4 heteroatoms. The highest BCUT2D eigenvalue weighted by atomic mass is 32.1. The molecule has 0 bridgehead atoms. The molecule has 0 spiro atoms. The van der Waals surface area contributed by atoms with E-state index in [1.54, 1.807) is 0 Å². The van der Waals surface area contributed by atoms with Crippen molar-refractivity contribution in [1.82, 2.24) is 4.90 Å². The first-order chi connectivity index (χ1) is 10.2. The minimum atomic E-state index is -0.0104. The summed E-state index contributed by atoms with van der Waals surface area (Å²) in [7, 11) is 2.14. The zero-order valence-corrected chi connectivity index (χ0v) is 12.7. The fourth-order valence-corrected chi connectivity index (χ4v) is 4.26. The number of ketones is 1. The smallest absolute Gasteiger partial charge is 0.207 e. The van der Waals surface area contributed by atoms with Gasteiger partial charge in [-0.1, -0.05) is 12.1 Å². The number of carbonyl (C=O) groups excluding carboxylic acids is 1. The van der Waals surface area contributed by atoms with Gasteiger partial charge >= 0.3 is 0 Å². The molecule has 1 fully saturated rings. The lowest BCUT2D eigenvalue weighted by Gasteiger charge is -2.24. The molecular weight excluding hydrogens is 282 g/mol. The molecule has 2 aliphatic rings. The Hall–Kier alpha value is -1.65. The third-order valence-corrected chi connectivity index (χ3v) is 5.38. The number of ether oxygens (including phenoxy) is 1. The molecule has 0 saturated carbocycles. The van der Waals surface area contributed by atoms with Crippen LogP contribution in [0.4, 0.5) is 0 Å². The van der Waals surface area contributed by atoms with Crippen LogP contribution in [0.5, 0.6) is 5.75 Å². The zero-order chi connectivity index (χ0) is 14.4. The molecule has 4 rings (SSSR count). The van der Waals surface area contributed by atoms with Crippen LogP contribution in [-0.2, 0) is 0 Å². The minimum absolute atomic E-state index is 0.0104. The first kappa shape index (κ1) is 13.0. The number of benzene rings is 1. The maximum Gasteiger partial charge on any atom is 0.207 e. The number of carbonyl (C=O) groups is 1. The molecular formula is C17H17NO2S. The van der Waals surface area contributed by atoms with Gasteiger partial charge in [-0.15, -0.1) is 11.3 Å². The second kappa shape index (κ2) is 4.97. The van der Waals surface area contributed by atoms with Crippen LogP contribution in [0.25, 0.3) is 0 Å². The van der Waals surface area contributed by atoms with Crippen molar-refractivity contribution in [3.63, 3.8) is 0 Å². The van der Waals surface area contributed by atoms with E-state index < -0.39 is 0 Å². The molecule has 3 heterocycles. The Balaban J connectivity index is 1.82. The molecule has 1 saturated heterocycles. The van der Waals surface area contributed by atoms with Gasteiger partial charge in [-0.05, 0) is 43.6 Å². The molecule has 0 radical (unpaired) electrons. The van der Waals surface area contributed by atoms with Gasteiger partial charge in [0, 0.05) is 18.0 Å². The van der Waals surface area contributed by atoms with Gasteiger partial charge in [0.25, 0.3) is 0 Å². The first-order valence-electron chi connectivity index (χ1n) is 7.30. The lowest BCUT2D eigenvalue weighted by Crippen LogP contribution is -2.22. The van der Waals surface area contributed by atoms with E-state index >= 15 is 0 Å². The third kappa shape index (κ3) is 2.10. The van der Waals surface area contributed by atoms with Crippen LogP contribution >= 0.6 is 11.3 Å². The molecule has 21 heavy (non-hydrogen) atoms. The van der Waals surface area contributed by atoms with Crippen molar-refractivity contribution in [2.75, 3.05) is 20.1 Å². The predicted octanol–water partition coefficient (Wildman–Crippen LogP) is 3.36. The summed E-state index contributed by atoms with van der Waals surface area (Å²) < 4.78 is 6.30. The molecule has 1 aromatic carbocycles. The molecule has 2 unspecified atom stereocenters. The monoisotopic (exact) mass is 299 g/mol. The van der Waals surface area contributed by atoms with Gasteiger partial charge in [-0.25, -0.2) is 0 Å². The highest BCUT2D eigenvalue weighted by Gasteiger charge is 2.36. The maximum absolute atomic E-state index is 12.7. The second-order valence-electron chi connectivity index (χ2n) is 5.88. The fourth-order valence-electron chi connectivity index (χ4n) is 3.37. The highest BCUT2D eigenvalue weighted by Crippen LogP contribution is 2.42. The Morgan fingerprint density at radius 3 is 2.95 bits per heavy atom. The molecule has 1 aromatic heterocycles. The van der Waals surface area contributed by atoms with Crippen molar-refractivity contribution in [2.24, 2.45) is 5.92 Å². The van der Waals surface area contributed by atoms with Gasteiger partial charge < -0.3 is 9.64 Å². The Bertz CT molecular complexity index is 694. The van der Waals surface area contributed by atoms with Crippen LogP contribution < -0.4 is 4.74 Å².